The minimum atomic E-state index is -0.967. The van der Waals surface area contributed by atoms with Crippen molar-refractivity contribution < 1.29 is 19.5 Å². The second-order valence-electron chi connectivity index (χ2n) is 5.16. The van der Waals surface area contributed by atoms with Crippen LogP contribution in [0.1, 0.15) is 23.7 Å². The highest BCUT2D eigenvalue weighted by Crippen LogP contribution is 2.23. The van der Waals surface area contributed by atoms with Crippen LogP contribution in [0, 0.1) is 0 Å². The monoisotopic (exact) mass is 322 g/mol. The number of carboxylic acids is 1. The largest absolute Gasteiger partial charge is 0.481 e. The Balaban J connectivity index is 2.02. The molecule has 1 heterocycles. The summed E-state index contributed by atoms with van der Waals surface area (Å²) in [6.07, 6.45) is -0.141. The van der Waals surface area contributed by atoms with Crippen molar-refractivity contribution in [2.45, 2.75) is 25.4 Å². The molecule has 0 spiro atoms. The minimum Gasteiger partial charge on any atom is -0.481 e. The summed E-state index contributed by atoms with van der Waals surface area (Å²) in [6, 6.07) is 7.78. The second-order valence-corrected chi connectivity index (χ2v) is 6.16. The Morgan fingerprint density at radius 3 is 2.68 bits per heavy atom. The van der Waals surface area contributed by atoms with Gasteiger partial charge in [-0.1, -0.05) is 18.2 Å². The van der Waals surface area contributed by atoms with Gasteiger partial charge in [-0.05, 0) is 19.1 Å². The summed E-state index contributed by atoms with van der Waals surface area (Å²) in [7, 11) is 0. The number of hydrogen-bond acceptors (Lipinski definition) is 4. The van der Waals surface area contributed by atoms with Gasteiger partial charge in [0.1, 0.15) is 6.04 Å². The molecule has 1 fully saturated rings. The third kappa shape index (κ3) is 4.00. The van der Waals surface area contributed by atoms with E-state index < -0.39 is 18.1 Å². The Labute approximate surface area is 132 Å². The van der Waals surface area contributed by atoms with Gasteiger partial charge in [0, 0.05) is 17.4 Å². The van der Waals surface area contributed by atoms with Crippen LogP contribution in [-0.4, -0.2) is 51.5 Å². The lowest BCUT2D eigenvalue weighted by atomic mass is 10.1. The maximum absolute atomic E-state index is 12.5. The van der Waals surface area contributed by atoms with Gasteiger partial charge in [0.25, 0.3) is 5.91 Å². The fraction of sp³-hybridized carbons (Fsp3) is 0.400. The van der Waals surface area contributed by atoms with E-state index in [4.69, 9.17) is 5.11 Å². The van der Waals surface area contributed by atoms with E-state index in [0.717, 1.165) is 0 Å². The first kappa shape index (κ1) is 16.4. The van der Waals surface area contributed by atoms with Crippen LogP contribution in [0.2, 0.25) is 0 Å². The lowest BCUT2D eigenvalue weighted by molar-refractivity contribution is -0.137. The van der Waals surface area contributed by atoms with Gasteiger partial charge in [0.2, 0.25) is 5.91 Å². The van der Waals surface area contributed by atoms with E-state index in [1.165, 1.54) is 16.7 Å². The molecule has 0 aromatic heterocycles. The molecule has 1 aliphatic rings. The standard InChI is InChI=1S/C15H18N2O4S/c1-10(7-13(18)19)16-14(20)12-8-22-9-17(12)15(21)11-5-3-2-4-6-11/h2-6,10,12H,7-9H2,1H3,(H,16,20)(H,18,19). The lowest BCUT2D eigenvalue weighted by Crippen LogP contribution is -2.49. The molecule has 2 atom stereocenters. The first-order valence-corrected chi connectivity index (χ1v) is 8.10. The fourth-order valence-corrected chi connectivity index (χ4v) is 3.41. The van der Waals surface area contributed by atoms with Gasteiger partial charge in [-0.25, -0.2) is 0 Å². The number of benzene rings is 1. The van der Waals surface area contributed by atoms with Gasteiger partial charge in [0.15, 0.2) is 0 Å². The number of aliphatic carboxylic acids is 1. The molecule has 2 rings (SSSR count). The molecule has 6 nitrogen and oxygen atoms in total. The summed E-state index contributed by atoms with van der Waals surface area (Å²) < 4.78 is 0. The van der Waals surface area contributed by atoms with Crippen LogP contribution < -0.4 is 5.32 Å². The number of carbonyl (C=O) groups excluding carboxylic acids is 2. The molecule has 0 bridgehead atoms. The number of hydrogen-bond donors (Lipinski definition) is 2. The number of amides is 2. The van der Waals surface area contributed by atoms with Crippen LogP contribution in [0.5, 0.6) is 0 Å². The van der Waals surface area contributed by atoms with Gasteiger partial charge < -0.3 is 15.3 Å². The number of nitrogens with zero attached hydrogens (tertiary/aromatic N) is 1. The zero-order valence-electron chi connectivity index (χ0n) is 12.2. The zero-order valence-corrected chi connectivity index (χ0v) is 13.0. The summed E-state index contributed by atoms with van der Waals surface area (Å²) in [5, 5.41) is 11.4. The number of carbonyl (C=O) groups is 3. The van der Waals surface area contributed by atoms with Gasteiger partial charge in [0.05, 0.1) is 12.3 Å². The third-order valence-electron chi connectivity index (χ3n) is 3.34. The summed E-state index contributed by atoms with van der Waals surface area (Å²) >= 11 is 1.51. The van der Waals surface area contributed by atoms with Crippen molar-refractivity contribution in [2.24, 2.45) is 0 Å². The molecule has 1 aliphatic heterocycles. The molecule has 1 aromatic rings. The molecule has 118 valence electrons. The SMILES string of the molecule is CC(CC(=O)O)NC(=O)C1CSCN1C(=O)c1ccccc1. The molecular weight excluding hydrogens is 304 g/mol. The Hall–Kier alpha value is -2.02. The van der Waals surface area contributed by atoms with E-state index in [0.29, 0.717) is 17.2 Å². The smallest absolute Gasteiger partial charge is 0.305 e. The number of rotatable bonds is 5. The number of carboxylic acid groups (broad SMARTS) is 1. The Kier molecular flexibility index (Phi) is 5.43. The number of nitrogens with one attached hydrogen (secondary N) is 1. The van der Waals surface area contributed by atoms with Gasteiger partial charge >= 0.3 is 5.97 Å². The van der Waals surface area contributed by atoms with Crippen molar-refractivity contribution in [1.82, 2.24) is 10.2 Å². The summed E-state index contributed by atoms with van der Waals surface area (Å²) in [6.45, 7) is 1.64. The highest BCUT2D eigenvalue weighted by atomic mass is 32.2. The van der Waals surface area contributed by atoms with Crippen molar-refractivity contribution >= 4 is 29.5 Å². The first-order chi connectivity index (χ1) is 10.5. The maximum atomic E-state index is 12.5. The first-order valence-electron chi connectivity index (χ1n) is 6.95. The van der Waals surface area contributed by atoms with Crippen LogP contribution in [-0.2, 0) is 9.59 Å². The highest BCUT2D eigenvalue weighted by Gasteiger charge is 2.35. The third-order valence-corrected chi connectivity index (χ3v) is 4.35. The predicted molar refractivity (Wildman–Crippen MR) is 83.6 cm³/mol. The average molecular weight is 322 g/mol. The highest BCUT2D eigenvalue weighted by molar-refractivity contribution is 7.99. The molecule has 1 saturated heterocycles. The van der Waals surface area contributed by atoms with Crippen molar-refractivity contribution in [2.75, 3.05) is 11.6 Å². The molecule has 2 unspecified atom stereocenters. The second kappa shape index (κ2) is 7.31. The van der Waals surface area contributed by atoms with Crippen LogP contribution in [0.4, 0.5) is 0 Å². The van der Waals surface area contributed by atoms with Gasteiger partial charge in [-0.3, -0.25) is 14.4 Å². The Bertz CT molecular complexity index is 564. The van der Waals surface area contributed by atoms with Crippen molar-refractivity contribution in [3.8, 4) is 0 Å². The Morgan fingerprint density at radius 2 is 2.05 bits per heavy atom. The van der Waals surface area contributed by atoms with Crippen LogP contribution in [0.25, 0.3) is 0 Å². The van der Waals surface area contributed by atoms with Crippen molar-refractivity contribution in [3.05, 3.63) is 35.9 Å². The van der Waals surface area contributed by atoms with E-state index in [1.807, 2.05) is 6.07 Å². The Morgan fingerprint density at radius 1 is 1.36 bits per heavy atom. The van der Waals surface area contributed by atoms with Crippen molar-refractivity contribution in [1.29, 1.82) is 0 Å². The van der Waals surface area contributed by atoms with Crippen LogP contribution in [0.15, 0.2) is 30.3 Å². The minimum absolute atomic E-state index is 0.141. The molecule has 1 aromatic carbocycles. The van der Waals surface area contributed by atoms with E-state index in [-0.39, 0.29) is 18.2 Å². The van der Waals surface area contributed by atoms with Crippen molar-refractivity contribution in [3.63, 3.8) is 0 Å². The van der Waals surface area contributed by atoms with Crippen LogP contribution >= 0.6 is 11.8 Å². The molecule has 0 radical (unpaired) electrons. The van der Waals surface area contributed by atoms with E-state index in [1.54, 1.807) is 31.2 Å². The molecular formula is C15H18N2O4S. The molecule has 0 saturated carbocycles. The normalized spacial score (nSPS) is 18.8. The average Bonchev–Trinajstić information content (AvgIpc) is 2.96. The molecule has 2 amide bonds. The van der Waals surface area contributed by atoms with E-state index in [2.05, 4.69) is 5.32 Å². The van der Waals surface area contributed by atoms with E-state index >= 15 is 0 Å². The fourth-order valence-electron chi connectivity index (χ4n) is 2.26. The van der Waals surface area contributed by atoms with E-state index in [9.17, 15) is 14.4 Å². The predicted octanol–water partition coefficient (Wildman–Crippen LogP) is 1.18. The summed E-state index contributed by atoms with van der Waals surface area (Å²) in [5.74, 6) is -0.478. The lowest BCUT2D eigenvalue weighted by Gasteiger charge is -2.24. The van der Waals surface area contributed by atoms with Crippen LogP contribution in [0.3, 0.4) is 0 Å². The number of thioether (sulfide) groups is 1. The summed E-state index contributed by atoms with van der Waals surface area (Å²) in [5.41, 5.74) is 0.543. The molecule has 0 aliphatic carbocycles. The topological polar surface area (TPSA) is 86.7 Å². The summed E-state index contributed by atoms with van der Waals surface area (Å²) in [4.78, 5) is 36.9. The van der Waals surface area contributed by atoms with Gasteiger partial charge in [-0.15, -0.1) is 11.8 Å². The molecule has 7 heteroatoms. The molecule has 22 heavy (non-hydrogen) atoms. The van der Waals surface area contributed by atoms with Gasteiger partial charge in [-0.2, -0.15) is 0 Å². The molecule has 2 N–H and O–H groups in total. The zero-order chi connectivity index (χ0) is 16.1. The quantitative estimate of drug-likeness (QED) is 0.850. The maximum Gasteiger partial charge on any atom is 0.305 e.